The van der Waals surface area contributed by atoms with Crippen molar-refractivity contribution < 1.29 is 19.1 Å². The van der Waals surface area contributed by atoms with Crippen molar-refractivity contribution in [2.75, 3.05) is 7.11 Å². The summed E-state index contributed by atoms with van der Waals surface area (Å²) in [6, 6.07) is 3.16. The maximum absolute atomic E-state index is 12.1. The number of esters is 2. The number of rotatable bonds is 3. The van der Waals surface area contributed by atoms with Gasteiger partial charge in [0.1, 0.15) is 23.5 Å². The fourth-order valence-corrected chi connectivity index (χ4v) is 2.49. The van der Waals surface area contributed by atoms with Gasteiger partial charge in [0.05, 0.1) is 18.2 Å². The van der Waals surface area contributed by atoms with Crippen LogP contribution in [0.25, 0.3) is 11.0 Å². The third-order valence-electron chi connectivity index (χ3n) is 3.12. The van der Waals surface area contributed by atoms with Gasteiger partial charge < -0.3 is 14.0 Å². The molecule has 2 rings (SSSR count). The monoisotopic (exact) mass is 338 g/mol. The fourth-order valence-electron chi connectivity index (χ4n) is 2.27. The number of fused-ring (bicyclic) bond motifs is 1. The van der Waals surface area contributed by atoms with Gasteiger partial charge in [-0.2, -0.15) is 0 Å². The first-order valence-corrected chi connectivity index (χ1v) is 7.46. The second-order valence-corrected chi connectivity index (χ2v) is 6.58. The molecular formula is C16H19ClN2O4. The molecule has 2 aromatic rings. The number of nitrogens with zero attached hydrogens (tertiary/aromatic N) is 2. The highest BCUT2D eigenvalue weighted by molar-refractivity contribution is 6.32. The average Bonchev–Trinajstić information content (AvgIpc) is 2.72. The number of benzene rings is 1. The number of aromatic nitrogens is 2. The van der Waals surface area contributed by atoms with E-state index in [-0.39, 0.29) is 18.1 Å². The lowest BCUT2D eigenvalue weighted by Crippen LogP contribution is -2.26. The summed E-state index contributed by atoms with van der Waals surface area (Å²) in [5.41, 5.74) is 0.723. The molecule has 1 aromatic heterocycles. The number of aryl methyl sites for hydroxylation is 1. The molecule has 0 amide bonds. The first-order chi connectivity index (χ1) is 10.6. The number of carbonyl (C=O) groups is 2. The van der Waals surface area contributed by atoms with Crippen LogP contribution in [0.3, 0.4) is 0 Å². The van der Waals surface area contributed by atoms with E-state index in [0.29, 0.717) is 21.9 Å². The quantitative estimate of drug-likeness (QED) is 0.804. The minimum Gasteiger partial charge on any atom is -0.465 e. The zero-order chi connectivity index (χ0) is 17.4. The predicted molar refractivity (Wildman–Crippen MR) is 86.7 cm³/mol. The van der Waals surface area contributed by atoms with Gasteiger partial charge in [0.15, 0.2) is 0 Å². The summed E-state index contributed by atoms with van der Waals surface area (Å²) < 4.78 is 11.8. The maximum atomic E-state index is 12.1. The Bertz CT molecular complexity index is 774. The lowest BCUT2D eigenvalue weighted by Gasteiger charge is -2.20. The molecule has 0 spiro atoms. The number of halogens is 1. The van der Waals surface area contributed by atoms with E-state index in [0.717, 1.165) is 0 Å². The second-order valence-electron chi connectivity index (χ2n) is 6.14. The molecule has 0 saturated carbocycles. The molecule has 0 aliphatic carbocycles. The molecule has 0 radical (unpaired) electrons. The number of imidazole rings is 1. The van der Waals surface area contributed by atoms with E-state index in [2.05, 4.69) is 4.98 Å². The molecule has 0 fully saturated rings. The molecule has 0 saturated heterocycles. The van der Waals surface area contributed by atoms with Crippen molar-refractivity contribution in [3.63, 3.8) is 0 Å². The number of ether oxygens (including phenoxy) is 2. The Morgan fingerprint density at radius 2 is 1.96 bits per heavy atom. The molecule has 1 aromatic carbocycles. The standard InChI is InChI=1S/C16H19ClN2O4/c1-9-18-14-11(15(21)22-5)6-10(17)7-12(14)19(9)8-13(20)23-16(2,3)4/h6-7H,8H2,1-5H3. The topological polar surface area (TPSA) is 70.4 Å². The van der Waals surface area contributed by atoms with Gasteiger partial charge in [0.25, 0.3) is 0 Å². The van der Waals surface area contributed by atoms with E-state index in [4.69, 9.17) is 21.1 Å². The van der Waals surface area contributed by atoms with Crippen molar-refractivity contribution in [2.24, 2.45) is 0 Å². The summed E-state index contributed by atoms with van der Waals surface area (Å²) in [6.07, 6.45) is 0. The molecule has 7 heteroatoms. The highest BCUT2D eigenvalue weighted by atomic mass is 35.5. The van der Waals surface area contributed by atoms with E-state index < -0.39 is 11.6 Å². The lowest BCUT2D eigenvalue weighted by molar-refractivity contribution is -0.155. The minimum atomic E-state index is -0.573. The van der Waals surface area contributed by atoms with Crippen LogP contribution in [0.5, 0.6) is 0 Å². The van der Waals surface area contributed by atoms with Gasteiger partial charge in [0, 0.05) is 5.02 Å². The summed E-state index contributed by atoms with van der Waals surface area (Å²) in [5.74, 6) is -0.336. The van der Waals surface area contributed by atoms with Crippen LogP contribution in [-0.2, 0) is 20.8 Å². The third kappa shape index (κ3) is 3.82. The van der Waals surface area contributed by atoms with Crippen molar-refractivity contribution in [3.05, 3.63) is 28.5 Å². The highest BCUT2D eigenvalue weighted by Crippen LogP contribution is 2.26. The Balaban J connectivity index is 2.49. The first-order valence-electron chi connectivity index (χ1n) is 7.09. The van der Waals surface area contributed by atoms with Gasteiger partial charge in [-0.15, -0.1) is 0 Å². The Morgan fingerprint density at radius 3 is 2.52 bits per heavy atom. The van der Waals surface area contributed by atoms with Crippen LogP contribution in [0.2, 0.25) is 5.02 Å². The van der Waals surface area contributed by atoms with Crippen molar-refractivity contribution >= 4 is 34.6 Å². The van der Waals surface area contributed by atoms with Crippen LogP contribution in [0.15, 0.2) is 12.1 Å². The summed E-state index contributed by atoms with van der Waals surface area (Å²) in [5, 5.41) is 0.364. The minimum absolute atomic E-state index is 0.0133. The maximum Gasteiger partial charge on any atom is 0.340 e. The SMILES string of the molecule is COC(=O)c1cc(Cl)cc2c1nc(C)n2CC(=O)OC(C)(C)C. The van der Waals surface area contributed by atoms with Crippen LogP contribution >= 0.6 is 11.6 Å². The number of methoxy groups -OCH3 is 1. The first kappa shape index (κ1) is 17.3. The smallest absolute Gasteiger partial charge is 0.340 e. The highest BCUT2D eigenvalue weighted by Gasteiger charge is 2.21. The fraction of sp³-hybridized carbons (Fsp3) is 0.438. The zero-order valence-electron chi connectivity index (χ0n) is 13.8. The molecule has 124 valence electrons. The normalized spacial score (nSPS) is 11.6. The molecule has 0 unspecified atom stereocenters. The molecule has 0 N–H and O–H groups in total. The van der Waals surface area contributed by atoms with Gasteiger partial charge >= 0.3 is 11.9 Å². The number of hydrogen-bond donors (Lipinski definition) is 0. The Kier molecular flexibility index (Phi) is 4.66. The summed E-state index contributed by atoms with van der Waals surface area (Å²) in [6.45, 7) is 7.14. The van der Waals surface area contributed by atoms with E-state index in [1.54, 1.807) is 38.3 Å². The molecule has 1 heterocycles. The van der Waals surface area contributed by atoms with Crippen LogP contribution in [-0.4, -0.2) is 34.2 Å². The molecule has 0 aliphatic heterocycles. The van der Waals surface area contributed by atoms with E-state index in [9.17, 15) is 9.59 Å². The van der Waals surface area contributed by atoms with Crippen LogP contribution < -0.4 is 0 Å². The van der Waals surface area contributed by atoms with Gasteiger partial charge in [-0.3, -0.25) is 4.79 Å². The zero-order valence-corrected chi connectivity index (χ0v) is 14.5. The van der Waals surface area contributed by atoms with Crippen molar-refractivity contribution in [1.29, 1.82) is 0 Å². The number of hydrogen-bond acceptors (Lipinski definition) is 5. The second kappa shape index (κ2) is 6.20. The van der Waals surface area contributed by atoms with Gasteiger partial charge in [-0.05, 0) is 39.8 Å². The van der Waals surface area contributed by atoms with Crippen LogP contribution in [0.1, 0.15) is 37.0 Å². The van der Waals surface area contributed by atoms with Crippen LogP contribution in [0.4, 0.5) is 0 Å². The predicted octanol–water partition coefficient (Wildman–Crippen LogP) is 3.13. The molecular weight excluding hydrogens is 320 g/mol. The lowest BCUT2D eigenvalue weighted by atomic mass is 10.2. The molecule has 0 bridgehead atoms. The Labute approximate surface area is 139 Å². The van der Waals surface area contributed by atoms with Gasteiger partial charge in [0.2, 0.25) is 0 Å². The molecule has 6 nitrogen and oxygen atoms in total. The molecule has 0 atom stereocenters. The van der Waals surface area contributed by atoms with Crippen LogP contribution in [0, 0.1) is 6.92 Å². The van der Waals surface area contributed by atoms with E-state index in [1.807, 2.05) is 0 Å². The Morgan fingerprint density at radius 1 is 1.30 bits per heavy atom. The largest absolute Gasteiger partial charge is 0.465 e. The Hall–Kier alpha value is -2.08. The van der Waals surface area contributed by atoms with Gasteiger partial charge in [-0.25, -0.2) is 9.78 Å². The van der Waals surface area contributed by atoms with Crippen molar-refractivity contribution in [1.82, 2.24) is 9.55 Å². The molecule has 23 heavy (non-hydrogen) atoms. The van der Waals surface area contributed by atoms with Gasteiger partial charge in [-0.1, -0.05) is 11.6 Å². The average molecular weight is 339 g/mol. The summed E-state index contributed by atoms with van der Waals surface area (Å²) in [4.78, 5) is 28.3. The summed E-state index contributed by atoms with van der Waals surface area (Å²) in [7, 11) is 1.29. The van der Waals surface area contributed by atoms with Crippen molar-refractivity contribution in [3.8, 4) is 0 Å². The van der Waals surface area contributed by atoms with E-state index in [1.165, 1.54) is 13.2 Å². The van der Waals surface area contributed by atoms with E-state index >= 15 is 0 Å². The number of carbonyl (C=O) groups excluding carboxylic acids is 2. The molecule has 0 aliphatic rings. The third-order valence-corrected chi connectivity index (χ3v) is 3.34. The summed E-state index contributed by atoms with van der Waals surface area (Å²) >= 11 is 6.08. The van der Waals surface area contributed by atoms with Crippen molar-refractivity contribution in [2.45, 2.75) is 39.8 Å².